The van der Waals surface area contributed by atoms with Gasteiger partial charge in [0.15, 0.2) is 0 Å². The molecule has 115 heavy (non-hydrogen) atoms. The molecule has 0 aliphatic carbocycles. The molecule has 28 nitrogen and oxygen atoms in total. The molecule has 4 aliphatic heterocycles. The van der Waals surface area contributed by atoms with Crippen LogP contribution in [0.5, 0.6) is 11.5 Å². The summed E-state index contributed by atoms with van der Waals surface area (Å²) in [6.45, 7) is 2.09. The lowest BCUT2D eigenvalue weighted by Crippen LogP contribution is -2.54. The molecule has 7 N–H and O–H groups in total. The zero-order chi connectivity index (χ0) is 83.9. The van der Waals surface area contributed by atoms with Gasteiger partial charge in [-0.15, -0.1) is 0 Å². The number of likely N-dealkylation sites (N-methyl/N-ethyl adjacent to an activating group) is 2. The number of alkyl halides is 1. The van der Waals surface area contributed by atoms with Crippen LogP contribution in [-0.2, 0) is 62.4 Å². The minimum atomic E-state index is -1.00. The second-order valence-corrected chi connectivity index (χ2v) is 28.7. The van der Waals surface area contributed by atoms with Crippen molar-refractivity contribution < 1.29 is 77.1 Å². The highest BCUT2D eigenvalue weighted by molar-refractivity contribution is 6.26. The Morgan fingerprint density at radius 3 is 1.50 bits per heavy atom. The van der Waals surface area contributed by atoms with E-state index in [-0.39, 0.29) is 80.4 Å². The van der Waals surface area contributed by atoms with Gasteiger partial charge in [0, 0.05) is 118 Å². The average Bonchev–Trinajstić information content (AvgIpc) is 1.58. The molecule has 12 rings (SSSR count). The lowest BCUT2D eigenvalue weighted by molar-refractivity contribution is -0.138. The number of aryl methyl sites for hydroxylation is 3. The molecule has 2 atom stereocenters. The lowest BCUT2D eigenvalue weighted by Gasteiger charge is -2.27. The molecule has 0 radical (unpaired) electrons. The maximum absolute atomic E-state index is 15.6. The fourth-order valence-electron chi connectivity index (χ4n) is 14.7. The standard InChI is InChI=1S/C42H47FN6O7.C21H28N4O4.C20H20FN3O4.CH3F/c1-47(23-32-33(43)20-27(21-35(32)56-3)31-24-48(2)40(53)30-22-44-19-17-28(30)31)25-37(51)45-18-10-8-6-4-5-7-9-12-26-13-11-14-29-38(26)42(55)49(41(29)54)34-15-16-36(50)46-39(34)52;22-12-5-3-1-2-4-6-13-23-15-9-7-8-14-18(15)21(29)25(20(14)28)16-10-11-17(26)24-19(16)27;1-23(11-19(25)26)9-16-17(21)6-12(7-18(16)28-3)15-10-24(2)20(27)14-8-22-5-4-13(14)15;1-2/h11,13-14,17,19-22,24,34H,4-10,12,15-16,18,23,25H2,1-3H3,(H,45,51)(H,46,50,52);7-9,16,23H,1-6,10-13,22H2,(H,24,26,27);4-8,10H,9,11H2,1-3H3,(H,25,26);1H3/i;;;1D. The highest BCUT2D eigenvalue weighted by atomic mass is 19.1. The Labute approximate surface area is 664 Å². The summed E-state index contributed by atoms with van der Waals surface area (Å²) in [5.41, 5.74) is 10.8. The first-order valence-electron chi connectivity index (χ1n) is 38.9. The number of carbonyl (C=O) groups is 10. The Morgan fingerprint density at radius 1 is 0.583 bits per heavy atom. The van der Waals surface area contributed by atoms with Gasteiger partial charge in [-0.05, 0) is 148 Å². The molecule has 8 heterocycles. The van der Waals surface area contributed by atoms with Crippen LogP contribution in [0.15, 0.2) is 120 Å². The van der Waals surface area contributed by atoms with Crippen molar-refractivity contribution >= 4 is 86.4 Å². The molecular weight excluding hydrogens is 1490 g/mol. The minimum absolute atomic E-state index is 0.0829. The van der Waals surface area contributed by atoms with E-state index in [2.05, 4.69) is 31.2 Å². The van der Waals surface area contributed by atoms with E-state index in [9.17, 15) is 66.3 Å². The SMILES string of the molecule is COc1cc(-c2cn(C)c(=O)c3cnccc23)cc(F)c1CN(C)CC(=O)NCCCCCCCCCc1cccc2c1C(=O)N(C1CCC(=O)NC1=O)C2=O.COc1cc(-c2cn(C)c(=O)c3cnccc23)cc(F)c1CN(C)CC(=O)O.NCCCCCCCCNc1cccc2c1C(=O)N(C1CCC(=O)NC1=O)C2=O.[2H]CF. The molecule has 31 heteroatoms. The number of imide groups is 4. The van der Waals surface area contributed by atoms with Crippen LogP contribution in [0.4, 0.5) is 18.9 Å². The van der Waals surface area contributed by atoms with Crippen molar-refractivity contribution in [3.63, 3.8) is 0 Å². The largest absolute Gasteiger partial charge is 0.496 e. The van der Waals surface area contributed by atoms with E-state index in [4.69, 9.17) is 21.7 Å². The number of nitrogens with zero attached hydrogens (tertiary/aromatic N) is 8. The fourth-order valence-corrected chi connectivity index (χ4v) is 14.7. The molecule has 4 aromatic heterocycles. The predicted molar refractivity (Wildman–Crippen MR) is 426 cm³/mol. The molecular formula is C84H98F3N13O15. The Hall–Kier alpha value is -11.8. The van der Waals surface area contributed by atoms with Gasteiger partial charge < -0.3 is 40.1 Å². The first-order chi connectivity index (χ1) is 55.7. The summed E-state index contributed by atoms with van der Waals surface area (Å²) in [5, 5.41) is 21.8. The van der Waals surface area contributed by atoms with E-state index < -0.39 is 78.2 Å². The van der Waals surface area contributed by atoms with E-state index in [0.29, 0.717) is 108 Å². The molecule has 0 saturated carbocycles. The topological polar surface area (TPSA) is 366 Å². The normalized spacial score (nSPS) is 15.1. The number of piperidine rings is 2. The van der Waals surface area contributed by atoms with E-state index in [1.807, 2.05) is 6.07 Å². The molecule has 0 bridgehead atoms. The predicted octanol–water partition coefficient (Wildman–Crippen LogP) is 9.32. The van der Waals surface area contributed by atoms with E-state index >= 15 is 4.39 Å². The van der Waals surface area contributed by atoms with E-state index in [1.165, 1.54) is 59.2 Å². The van der Waals surface area contributed by atoms with Gasteiger partial charge >= 0.3 is 5.97 Å². The summed E-state index contributed by atoms with van der Waals surface area (Å²) < 4.78 is 59.8. The summed E-state index contributed by atoms with van der Waals surface area (Å²) in [6, 6.07) is 18.1. The number of carboxylic acid groups (broad SMARTS) is 1. The number of unbranched alkanes of at least 4 members (excludes halogenated alkanes) is 11. The first-order valence-corrected chi connectivity index (χ1v) is 38.2. The van der Waals surface area contributed by atoms with Crippen LogP contribution < -0.4 is 47.6 Å². The number of halogens is 3. The second-order valence-electron chi connectivity index (χ2n) is 28.7. The number of fused-ring (bicyclic) bond motifs is 4. The summed E-state index contributed by atoms with van der Waals surface area (Å²) in [5.74, 6) is -5.41. The number of nitrogens with two attached hydrogens (primary N) is 1. The van der Waals surface area contributed by atoms with Gasteiger partial charge in [0.1, 0.15) is 35.2 Å². The van der Waals surface area contributed by atoms with E-state index in [0.717, 1.165) is 99.0 Å². The molecule has 4 aliphatic rings. The van der Waals surface area contributed by atoms with Gasteiger partial charge in [-0.3, -0.25) is 102 Å². The van der Waals surface area contributed by atoms with Gasteiger partial charge in [0.05, 0.1) is 68.9 Å². The fraction of sp³-hybridized carbons (Fsp3) is 0.405. The molecule has 610 valence electrons. The Kier molecular flexibility index (Phi) is 30.7. The maximum Gasteiger partial charge on any atom is 0.317 e. The number of hydrogen-bond donors (Lipinski definition) is 6. The highest BCUT2D eigenvalue weighted by Gasteiger charge is 2.47. The minimum Gasteiger partial charge on any atom is -0.496 e. The molecule has 2 unspecified atom stereocenters. The van der Waals surface area contributed by atoms with Crippen molar-refractivity contribution in [3.8, 4) is 33.8 Å². The summed E-state index contributed by atoms with van der Waals surface area (Å²) >= 11 is 0. The van der Waals surface area contributed by atoms with Crippen molar-refractivity contribution in [2.75, 3.05) is 73.5 Å². The number of hydrogen-bond acceptors (Lipinski definition) is 20. The van der Waals surface area contributed by atoms with Gasteiger partial charge in [-0.2, -0.15) is 0 Å². The number of methoxy groups -OCH3 is 2. The van der Waals surface area contributed by atoms with Crippen LogP contribution in [0.3, 0.4) is 0 Å². The molecule has 2 fully saturated rings. The molecule has 0 spiro atoms. The van der Waals surface area contributed by atoms with Crippen LogP contribution in [0.2, 0.25) is 0 Å². The van der Waals surface area contributed by atoms with Crippen molar-refractivity contribution in [3.05, 3.63) is 181 Å². The second kappa shape index (κ2) is 41.3. The quantitative estimate of drug-likeness (QED) is 0.0165. The number of rotatable bonds is 33. The smallest absolute Gasteiger partial charge is 0.317 e. The number of benzene rings is 4. The van der Waals surface area contributed by atoms with Crippen molar-refractivity contribution in [2.45, 2.75) is 141 Å². The lowest BCUT2D eigenvalue weighted by atomic mass is 9.97. The Balaban J connectivity index is 0.000000215. The monoisotopic (exact) mass is 1590 g/mol. The molecule has 4 aromatic carbocycles. The summed E-state index contributed by atoms with van der Waals surface area (Å²) in [4.78, 5) is 161. The van der Waals surface area contributed by atoms with Gasteiger partial charge in [-0.25, -0.2) is 8.78 Å². The first kappa shape index (κ1) is 85.6. The third-order valence-corrected chi connectivity index (χ3v) is 20.4. The van der Waals surface area contributed by atoms with Crippen LogP contribution in [-0.4, -0.2) is 183 Å². The van der Waals surface area contributed by atoms with Crippen molar-refractivity contribution in [1.82, 2.24) is 54.7 Å². The van der Waals surface area contributed by atoms with Crippen LogP contribution in [0.25, 0.3) is 43.8 Å². The Morgan fingerprint density at radius 2 is 1.03 bits per heavy atom. The Bertz CT molecular complexity index is 5120. The number of carboxylic acids is 1. The average molecular weight is 1590 g/mol. The number of carbonyl (C=O) groups excluding carboxylic acids is 9. The molecule has 2 saturated heterocycles. The molecule has 9 amide bonds. The number of nitrogens with one attached hydrogen (secondary N) is 4. The zero-order valence-corrected chi connectivity index (χ0v) is 65.4. The van der Waals surface area contributed by atoms with Gasteiger partial charge in [-0.1, -0.05) is 76.0 Å². The number of ether oxygens (including phenoxy) is 2. The van der Waals surface area contributed by atoms with Crippen LogP contribution >= 0.6 is 0 Å². The maximum atomic E-state index is 15.6. The highest BCUT2D eigenvalue weighted by Crippen LogP contribution is 2.38. The third kappa shape index (κ3) is 21.3. The number of anilines is 1. The van der Waals surface area contributed by atoms with Crippen LogP contribution in [0.1, 0.15) is 169 Å². The number of aromatic nitrogens is 4. The van der Waals surface area contributed by atoms with Crippen molar-refractivity contribution in [2.24, 2.45) is 19.8 Å². The zero-order valence-electron chi connectivity index (χ0n) is 66.4. The van der Waals surface area contributed by atoms with Crippen molar-refractivity contribution in [1.29, 1.82) is 0 Å². The summed E-state index contributed by atoms with van der Waals surface area (Å²) in [7, 11) is 8.51. The molecule has 8 aromatic rings. The summed E-state index contributed by atoms with van der Waals surface area (Å²) in [6.07, 6.45) is 23.9. The van der Waals surface area contributed by atoms with E-state index in [1.54, 1.807) is 112 Å². The number of pyridine rings is 4. The number of amides is 9. The van der Waals surface area contributed by atoms with Gasteiger partial charge in [0.25, 0.3) is 34.7 Å². The third-order valence-electron chi connectivity index (χ3n) is 20.4. The van der Waals surface area contributed by atoms with Crippen LogP contribution in [0, 0.1) is 11.6 Å². The number of aliphatic carboxylic acids is 1. The van der Waals surface area contributed by atoms with Gasteiger partial charge in [0.2, 0.25) is 29.5 Å².